The molecule has 5 aliphatic rings. The highest BCUT2D eigenvalue weighted by molar-refractivity contribution is 5.78. The molecule has 5 rings (SSSR count). The van der Waals surface area contributed by atoms with Crippen molar-refractivity contribution in [1.29, 1.82) is 0 Å². The Hall–Kier alpha value is -1.67. The van der Waals surface area contributed by atoms with Gasteiger partial charge in [0.2, 0.25) is 0 Å². The van der Waals surface area contributed by atoms with E-state index in [2.05, 4.69) is 52.5 Å². The molecule has 0 saturated heterocycles. The van der Waals surface area contributed by atoms with Crippen LogP contribution in [0.2, 0.25) is 0 Å². The molecule has 0 aromatic heterocycles. The topological polar surface area (TPSA) is 119 Å². The van der Waals surface area contributed by atoms with Crippen molar-refractivity contribution in [2.75, 3.05) is 19.8 Å². The van der Waals surface area contributed by atoms with Gasteiger partial charge in [-0.25, -0.2) is 0 Å². The van der Waals surface area contributed by atoms with E-state index in [1.54, 1.807) is 0 Å². The van der Waals surface area contributed by atoms with Crippen LogP contribution in [0.4, 0.5) is 0 Å². The highest BCUT2D eigenvalue weighted by atomic mass is 16.9. The first-order chi connectivity index (χ1) is 20.6. The van der Waals surface area contributed by atoms with Crippen LogP contribution in [0.1, 0.15) is 131 Å². The van der Waals surface area contributed by atoms with Crippen LogP contribution < -0.4 is 0 Å². The van der Waals surface area contributed by atoms with Gasteiger partial charge in [0.25, 0.3) is 5.09 Å². The molecule has 2 N–H and O–H groups in total. The molecule has 44 heavy (non-hydrogen) atoms. The molecule has 0 radical (unpaired) electrons. The maximum absolute atomic E-state index is 14.1. The van der Waals surface area contributed by atoms with Crippen LogP contribution in [0.5, 0.6) is 0 Å². The smallest absolute Gasteiger partial charge is 0.312 e. The van der Waals surface area contributed by atoms with Crippen LogP contribution in [0.15, 0.2) is 11.6 Å². The zero-order valence-electron chi connectivity index (χ0n) is 28.3. The van der Waals surface area contributed by atoms with E-state index in [4.69, 9.17) is 4.74 Å². The Morgan fingerprint density at radius 1 is 0.932 bits per heavy atom. The molecule has 8 nitrogen and oxygen atoms in total. The van der Waals surface area contributed by atoms with E-state index in [-0.39, 0.29) is 46.8 Å². The third kappa shape index (κ3) is 5.22. The number of ether oxygens (including phenoxy) is 1. The fourth-order valence-electron chi connectivity index (χ4n) is 11.6. The minimum atomic E-state index is -0.750. The summed E-state index contributed by atoms with van der Waals surface area (Å²) in [5, 5.41) is 31.2. The summed E-state index contributed by atoms with van der Waals surface area (Å²) in [4.78, 5) is 28.8. The first kappa shape index (κ1) is 33.7. The van der Waals surface area contributed by atoms with Crippen molar-refractivity contribution >= 4 is 5.97 Å². The van der Waals surface area contributed by atoms with Gasteiger partial charge in [-0.15, -0.1) is 10.1 Å². The standard InChI is InChI=1S/C36H59NO7/c1-31(2)17-19-36(30(40)43-21-9-7-8-10-22-44-37(41)42)20-18-34(5)25(26(36)23-31)11-12-28-32(3)15-14-29(39)33(4,24-38)27(32)13-16-35(28,34)6/h11,26-29,38-39H,7-10,12-24H2,1-6H3/t26-,27+,28+,29-,32-,33-,34+,35+,36-/m0/s1. The molecule has 4 saturated carbocycles. The second kappa shape index (κ2) is 11.8. The Labute approximate surface area is 264 Å². The number of carbonyl (C=O) groups is 1. The number of hydrogen-bond acceptors (Lipinski definition) is 7. The largest absolute Gasteiger partial charge is 0.465 e. The van der Waals surface area contributed by atoms with Crippen molar-refractivity contribution in [2.45, 2.75) is 138 Å². The molecule has 0 spiro atoms. The van der Waals surface area contributed by atoms with Crippen LogP contribution in [0.3, 0.4) is 0 Å². The van der Waals surface area contributed by atoms with Crippen LogP contribution in [0.25, 0.3) is 0 Å². The zero-order valence-corrected chi connectivity index (χ0v) is 28.3. The van der Waals surface area contributed by atoms with E-state index in [1.165, 1.54) is 5.57 Å². The lowest BCUT2D eigenvalue weighted by molar-refractivity contribution is -0.757. The number of allylic oxidation sites excluding steroid dienone is 2. The predicted octanol–water partition coefficient (Wildman–Crippen LogP) is 7.43. The molecule has 0 bridgehead atoms. The minimum absolute atomic E-state index is 0.00325. The fraction of sp³-hybridized carbons (Fsp3) is 0.917. The van der Waals surface area contributed by atoms with Gasteiger partial charge in [0.1, 0.15) is 0 Å². The van der Waals surface area contributed by atoms with E-state index >= 15 is 0 Å². The van der Waals surface area contributed by atoms with Gasteiger partial charge in [-0.2, -0.15) is 0 Å². The molecular weight excluding hydrogens is 558 g/mol. The first-order valence-electron chi connectivity index (χ1n) is 17.5. The lowest BCUT2D eigenvalue weighted by Crippen LogP contribution is -2.66. The number of nitrogens with zero attached hydrogens (tertiary/aromatic N) is 1. The molecular formula is C36H59NO7. The van der Waals surface area contributed by atoms with Crippen LogP contribution in [0, 0.1) is 60.4 Å². The average molecular weight is 618 g/mol. The van der Waals surface area contributed by atoms with Crippen molar-refractivity contribution in [2.24, 2.45) is 50.2 Å². The molecule has 8 heteroatoms. The summed E-state index contributed by atoms with van der Waals surface area (Å²) in [6, 6.07) is 0. The summed E-state index contributed by atoms with van der Waals surface area (Å²) in [5.41, 5.74) is 0.921. The summed E-state index contributed by atoms with van der Waals surface area (Å²) < 4.78 is 6.08. The predicted molar refractivity (Wildman–Crippen MR) is 169 cm³/mol. The summed E-state index contributed by atoms with van der Waals surface area (Å²) >= 11 is 0. The Morgan fingerprint density at radius 3 is 2.30 bits per heavy atom. The molecule has 4 fully saturated rings. The number of aliphatic hydroxyl groups excluding tert-OH is 2. The molecule has 0 aromatic carbocycles. The van der Waals surface area contributed by atoms with Crippen LogP contribution in [-0.4, -0.2) is 47.2 Å². The number of unbranched alkanes of at least 4 members (excludes halogenated alkanes) is 3. The highest BCUT2D eigenvalue weighted by Crippen LogP contribution is 2.75. The monoisotopic (exact) mass is 617 g/mol. The maximum atomic E-state index is 14.1. The van der Waals surface area contributed by atoms with Gasteiger partial charge in [0.05, 0.1) is 31.3 Å². The van der Waals surface area contributed by atoms with E-state index in [1.807, 2.05) is 0 Å². The zero-order chi connectivity index (χ0) is 32.2. The number of aliphatic hydroxyl groups is 2. The second-order valence-corrected chi connectivity index (χ2v) is 17.2. The van der Waals surface area contributed by atoms with Gasteiger partial charge in [-0.05, 0) is 123 Å². The number of carbonyl (C=O) groups excluding carboxylic acids is 1. The number of hydrogen-bond donors (Lipinski definition) is 2. The van der Waals surface area contributed by atoms with Crippen molar-refractivity contribution in [3.63, 3.8) is 0 Å². The van der Waals surface area contributed by atoms with Gasteiger partial charge in [0, 0.05) is 5.41 Å². The average Bonchev–Trinajstić information content (AvgIpc) is 2.96. The summed E-state index contributed by atoms with van der Waals surface area (Å²) in [6.45, 7) is 14.9. The summed E-state index contributed by atoms with van der Waals surface area (Å²) in [5.74, 6) is 0.955. The van der Waals surface area contributed by atoms with Crippen molar-refractivity contribution in [3.05, 3.63) is 21.8 Å². The lowest BCUT2D eigenvalue weighted by Gasteiger charge is -2.71. The highest BCUT2D eigenvalue weighted by Gasteiger charge is 2.69. The Bertz CT molecular complexity index is 1140. The molecule has 0 unspecified atom stereocenters. The molecule has 0 aliphatic heterocycles. The number of rotatable bonds is 10. The summed E-state index contributed by atoms with van der Waals surface area (Å²) in [7, 11) is 0. The van der Waals surface area contributed by atoms with Gasteiger partial charge in [-0.1, -0.05) is 59.6 Å². The maximum Gasteiger partial charge on any atom is 0.312 e. The minimum Gasteiger partial charge on any atom is -0.465 e. The van der Waals surface area contributed by atoms with Crippen molar-refractivity contribution < 1.29 is 29.7 Å². The van der Waals surface area contributed by atoms with Gasteiger partial charge in [0.15, 0.2) is 0 Å². The summed E-state index contributed by atoms with van der Waals surface area (Å²) in [6.07, 6.45) is 14.8. The van der Waals surface area contributed by atoms with Crippen molar-refractivity contribution in [3.8, 4) is 0 Å². The van der Waals surface area contributed by atoms with Crippen LogP contribution in [-0.2, 0) is 14.4 Å². The molecule has 0 aromatic rings. The lowest BCUT2D eigenvalue weighted by atomic mass is 9.33. The van der Waals surface area contributed by atoms with E-state index < -0.39 is 22.0 Å². The Morgan fingerprint density at radius 2 is 1.61 bits per heavy atom. The van der Waals surface area contributed by atoms with E-state index in [0.717, 1.165) is 83.5 Å². The quantitative estimate of drug-likeness (QED) is 0.0860. The molecule has 5 aliphatic carbocycles. The van der Waals surface area contributed by atoms with Crippen molar-refractivity contribution in [1.82, 2.24) is 0 Å². The molecule has 9 atom stereocenters. The van der Waals surface area contributed by atoms with Gasteiger partial charge < -0.3 is 19.8 Å². The molecule has 0 amide bonds. The second-order valence-electron chi connectivity index (χ2n) is 17.2. The molecule has 250 valence electrons. The SMILES string of the molecule is CC1(C)CC[C@]2(C(=O)OCCCCCCO[N+](=O)[O-])CC[C@]3(C)C(=CC[C@@H]4[C@@]5(C)CC[C@H](O)[C@@](C)(CO)[C@@H]5CC[C@]43C)[C@@H]2C1. The number of fused-ring (bicyclic) bond motifs is 7. The van der Waals surface area contributed by atoms with Gasteiger partial charge in [-0.3, -0.25) is 4.79 Å². The van der Waals surface area contributed by atoms with E-state index in [9.17, 15) is 25.1 Å². The van der Waals surface area contributed by atoms with E-state index in [0.29, 0.717) is 24.9 Å². The van der Waals surface area contributed by atoms with Crippen LogP contribution >= 0.6 is 0 Å². The normalized spacial score (nSPS) is 44.2. The third-order valence-electron chi connectivity index (χ3n) is 14.6. The first-order valence-corrected chi connectivity index (χ1v) is 17.5. The fourth-order valence-corrected chi connectivity index (χ4v) is 11.6. The Kier molecular flexibility index (Phi) is 9.07. The number of esters is 1. The third-order valence-corrected chi connectivity index (χ3v) is 14.6. The van der Waals surface area contributed by atoms with Gasteiger partial charge >= 0.3 is 5.97 Å². The molecule has 0 heterocycles. The Balaban J connectivity index is 1.37.